The molecule has 1 heterocycles. The Hall–Kier alpha value is -0.450. The zero-order valence-corrected chi connectivity index (χ0v) is 13.1. The first-order chi connectivity index (χ1) is 9.11. The largest absolute Gasteiger partial charge is 0.388 e. The van der Waals surface area contributed by atoms with Gasteiger partial charge in [0, 0.05) is 34.4 Å². The van der Waals surface area contributed by atoms with E-state index in [0.717, 1.165) is 29.3 Å². The molecular formula is C15H23BrN2O. The summed E-state index contributed by atoms with van der Waals surface area (Å²) in [5.74, 6) is 0.687. The molecule has 19 heavy (non-hydrogen) atoms. The normalized spacial score (nSPS) is 29.2. The number of aromatic nitrogens is 1. The topological polar surface area (TPSA) is 59.1 Å². The van der Waals surface area contributed by atoms with Crippen molar-refractivity contribution >= 4 is 15.9 Å². The molecule has 1 aliphatic carbocycles. The van der Waals surface area contributed by atoms with Crippen molar-refractivity contribution in [2.24, 2.45) is 17.1 Å². The van der Waals surface area contributed by atoms with Gasteiger partial charge in [-0.3, -0.25) is 4.98 Å². The van der Waals surface area contributed by atoms with Gasteiger partial charge in [-0.1, -0.05) is 26.2 Å². The Morgan fingerprint density at radius 1 is 1.58 bits per heavy atom. The third-order valence-electron chi connectivity index (χ3n) is 4.59. The zero-order chi connectivity index (χ0) is 13.9. The van der Waals surface area contributed by atoms with Gasteiger partial charge < -0.3 is 10.8 Å². The highest BCUT2D eigenvalue weighted by Gasteiger charge is 2.41. The molecule has 0 saturated heterocycles. The minimum atomic E-state index is -0.517. The van der Waals surface area contributed by atoms with E-state index in [1.165, 1.54) is 12.8 Å². The van der Waals surface area contributed by atoms with E-state index in [0.29, 0.717) is 12.5 Å². The van der Waals surface area contributed by atoms with Crippen molar-refractivity contribution in [1.29, 1.82) is 0 Å². The van der Waals surface area contributed by atoms with Crippen LogP contribution in [0.2, 0.25) is 0 Å². The fourth-order valence-electron chi connectivity index (χ4n) is 3.35. The highest BCUT2D eigenvalue weighted by molar-refractivity contribution is 9.10. The molecule has 1 aliphatic rings. The first-order valence-corrected chi connectivity index (χ1v) is 7.89. The summed E-state index contributed by atoms with van der Waals surface area (Å²) in [6.07, 6.45) is 8.60. The summed E-state index contributed by atoms with van der Waals surface area (Å²) >= 11 is 3.41. The minimum absolute atomic E-state index is 0.179. The van der Waals surface area contributed by atoms with Crippen molar-refractivity contribution < 1.29 is 5.11 Å². The lowest BCUT2D eigenvalue weighted by atomic mass is 9.64. The maximum atomic E-state index is 10.8. The summed E-state index contributed by atoms with van der Waals surface area (Å²) in [4.78, 5) is 4.16. The van der Waals surface area contributed by atoms with Gasteiger partial charge in [0.15, 0.2) is 0 Å². The van der Waals surface area contributed by atoms with Gasteiger partial charge in [-0.25, -0.2) is 0 Å². The number of hydrogen-bond acceptors (Lipinski definition) is 3. The Bertz CT molecular complexity index is 426. The number of hydrogen-bond donors (Lipinski definition) is 2. The summed E-state index contributed by atoms with van der Waals surface area (Å²) in [5, 5.41) is 10.8. The van der Waals surface area contributed by atoms with E-state index in [4.69, 9.17) is 5.73 Å². The van der Waals surface area contributed by atoms with Gasteiger partial charge in [-0.15, -0.1) is 0 Å². The zero-order valence-electron chi connectivity index (χ0n) is 11.5. The molecule has 1 aromatic rings. The minimum Gasteiger partial charge on any atom is -0.388 e. The average Bonchev–Trinajstić information content (AvgIpc) is 2.46. The number of nitrogens with zero attached hydrogens (tertiary/aromatic N) is 1. The van der Waals surface area contributed by atoms with Crippen molar-refractivity contribution in [3.05, 3.63) is 28.5 Å². The number of pyridine rings is 1. The number of nitrogens with two attached hydrogens (primary N) is 1. The number of aliphatic hydroxyl groups is 1. The van der Waals surface area contributed by atoms with Crippen LogP contribution in [0.25, 0.3) is 0 Å². The van der Waals surface area contributed by atoms with Gasteiger partial charge in [0.25, 0.3) is 0 Å². The predicted octanol–water partition coefficient (Wildman–Crippen LogP) is 3.42. The van der Waals surface area contributed by atoms with Gasteiger partial charge in [0.05, 0.1) is 6.10 Å². The van der Waals surface area contributed by atoms with Crippen molar-refractivity contribution in [2.45, 2.75) is 45.1 Å². The second-order valence-corrected chi connectivity index (χ2v) is 6.69. The van der Waals surface area contributed by atoms with Gasteiger partial charge in [0.1, 0.15) is 0 Å². The Morgan fingerprint density at radius 3 is 3.00 bits per heavy atom. The molecule has 0 aliphatic heterocycles. The molecule has 3 N–H and O–H groups in total. The highest BCUT2D eigenvalue weighted by atomic mass is 79.9. The Morgan fingerprint density at radius 2 is 2.37 bits per heavy atom. The van der Waals surface area contributed by atoms with Crippen LogP contribution in [-0.2, 0) is 0 Å². The summed E-state index contributed by atoms with van der Waals surface area (Å²) in [6, 6.07) is 1.95. The van der Waals surface area contributed by atoms with Crippen molar-refractivity contribution in [3.8, 4) is 0 Å². The van der Waals surface area contributed by atoms with Crippen LogP contribution in [0.1, 0.15) is 50.7 Å². The third kappa shape index (κ3) is 3.18. The molecule has 106 valence electrons. The van der Waals surface area contributed by atoms with Crippen LogP contribution >= 0.6 is 15.9 Å². The van der Waals surface area contributed by atoms with Crippen LogP contribution in [0.5, 0.6) is 0 Å². The van der Waals surface area contributed by atoms with Gasteiger partial charge in [-0.2, -0.15) is 0 Å². The lowest BCUT2D eigenvalue weighted by molar-refractivity contribution is -0.0164. The molecule has 4 heteroatoms. The maximum absolute atomic E-state index is 10.8. The molecule has 1 saturated carbocycles. The van der Waals surface area contributed by atoms with Crippen LogP contribution in [-0.4, -0.2) is 16.6 Å². The summed E-state index contributed by atoms with van der Waals surface area (Å²) in [6.45, 7) is 2.77. The molecule has 3 nitrogen and oxygen atoms in total. The first kappa shape index (κ1) is 14.9. The molecule has 0 aromatic carbocycles. The average molecular weight is 327 g/mol. The number of aliphatic hydroxyl groups excluding tert-OH is 1. The van der Waals surface area contributed by atoms with Gasteiger partial charge in [0.2, 0.25) is 0 Å². The smallest absolute Gasteiger partial charge is 0.0873 e. The summed E-state index contributed by atoms with van der Waals surface area (Å²) < 4.78 is 0.902. The van der Waals surface area contributed by atoms with E-state index in [1.54, 1.807) is 12.4 Å². The first-order valence-electron chi connectivity index (χ1n) is 7.10. The van der Waals surface area contributed by atoms with E-state index in [-0.39, 0.29) is 5.41 Å². The van der Waals surface area contributed by atoms with Crippen LogP contribution < -0.4 is 5.73 Å². The lowest BCUT2D eigenvalue weighted by Gasteiger charge is -2.43. The molecule has 3 unspecified atom stereocenters. The summed E-state index contributed by atoms with van der Waals surface area (Å²) in [7, 11) is 0. The second kappa shape index (κ2) is 6.33. The number of halogens is 1. The Kier molecular flexibility index (Phi) is 4.98. The molecule has 0 amide bonds. The lowest BCUT2D eigenvalue weighted by Crippen LogP contribution is -2.41. The molecule has 0 bridgehead atoms. The van der Waals surface area contributed by atoms with Crippen molar-refractivity contribution in [2.75, 3.05) is 6.54 Å². The second-order valence-electron chi connectivity index (χ2n) is 5.78. The SMILES string of the molecule is CCC1CCCC(CN)(C(O)c2cncc(Br)c2)C1. The van der Waals surface area contributed by atoms with Crippen LogP contribution in [0, 0.1) is 11.3 Å². The quantitative estimate of drug-likeness (QED) is 0.891. The summed E-state index contributed by atoms with van der Waals surface area (Å²) in [5.41, 5.74) is 6.73. The van der Waals surface area contributed by atoms with E-state index in [9.17, 15) is 5.11 Å². The molecule has 2 rings (SSSR count). The fraction of sp³-hybridized carbons (Fsp3) is 0.667. The molecule has 0 radical (unpaired) electrons. The van der Waals surface area contributed by atoms with E-state index < -0.39 is 6.10 Å². The fourth-order valence-corrected chi connectivity index (χ4v) is 3.73. The third-order valence-corrected chi connectivity index (χ3v) is 5.02. The van der Waals surface area contributed by atoms with E-state index in [1.807, 2.05) is 6.07 Å². The van der Waals surface area contributed by atoms with Gasteiger partial charge in [-0.05, 0) is 40.8 Å². The van der Waals surface area contributed by atoms with E-state index >= 15 is 0 Å². The van der Waals surface area contributed by atoms with Crippen LogP contribution in [0.3, 0.4) is 0 Å². The van der Waals surface area contributed by atoms with Crippen LogP contribution in [0.4, 0.5) is 0 Å². The molecule has 1 fully saturated rings. The Labute approximate surface area is 123 Å². The van der Waals surface area contributed by atoms with Crippen LogP contribution in [0.15, 0.2) is 22.9 Å². The maximum Gasteiger partial charge on any atom is 0.0873 e. The van der Waals surface area contributed by atoms with Crippen molar-refractivity contribution in [3.63, 3.8) is 0 Å². The molecule has 1 aromatic heterocycles. The number of rotatable bonds is 4. The van der Waals surface area contributed by atoms with Crippen molar-refractivity contribution in [1.82, 2.24) is 4.98 Å². The van der Waals surface area contributed by atoms with Gasteiger partial charge >= 0.3 is 0 Å². The monoisotopic (exact) mass is 326 g/mol. The predicted molar refractivity (Wildman–Crippen MR) is 80.6 cm³/mol. The Balaban J connectivity index is 2.25. The molecule has 0 spiro atoms. The molecular weight excluding hydrogens is 304 g/mol. The molecule has 3 atom stereocenters. The standard InChI is InChI=1S/C15H23BrN2O/c1-2-11-4-3-5-15(7-11,10-17)14(19)12-6-13(16)9-18-8-12/h6,8-9,11,14,19H,2-5,7,10,17H2,1H3. The van der Waals surface area contributed by atoms with E-state index in [2.05, 4.69) is 27.8 Å². The highest BCUT2D eigenvalue weighted by Crippen LogP contribution is 2.48.